The van der Waals surface area contributed by atoms with E-state index in [2.05, 4.69) is 37.6 Å². The summed E-state index contributed by atoms with van der Waals surface area (Å²) in [7, 11) is 2.22. The van der Waals surface area contributed by atoms with Crippen molar-refractivity contribution in [2.75, 3.05) is 39.8 Å². The second-order valence-electron chi connectivity index (χ2n) is 5.51. The molecule has 1 heterocycles. The maximum Gasteiger partial charge on any atom is 0.0110 e. The molecule has 1 unspecified atom stereocenters. The first kappa shape index (κ1) is 13.0. The lowest BCUT2D eigenvalue weighted by molar-refractivity contribution is 0.129. The van der Waals surface area contributed by atoms with E-state index in [0.717, 1.165) is 11.8 Å². The van der Waals surface area contributed by atoms with Crippen LogP contribution in [0, 0.1) is 11.8 Å². The van der Waals surface area contributed by atoms with Crippen molar-refractivity contribution in [1.29, 1.82) is 0 Å². The smallest absolute Gasteiger partial charge is 0.0110 e. The molecule has 1 rings (SSSR count). The van der Waals surface area contributed by atoms with Crippen LogP contribution in [0.3, 0.4) is 0 Å². The Morgan fingerprint density at radius 1 is 1.07 bits per heavy atom. The maximum absolute atomic E-state index is 2.65. The Morgan fingerprint density at radius 2 is 1.67 bits per heavy atom. The van der Waals surface area contributed by atoms with Crippen molar-refractivity contribution in [3.05, 3.63) is 0 Å². The summed E-state index contributed by atoms with van der Waals surface area (Å²) in [5, 5.41) is 0. The van der Waals surface area contributed by atoms with Crippen molar-refractivity contribution < 1.29 is 0 Å². The predicted molar refractivity (Wildman–Crippen MR) is 67.2 cm³/mol. The second-order valence-corrected chi connectivity index (χ2v) is 5.51. The standard InChI is InChI=1S/C13H28N2/c1-5-13(10-12(2)3)11-15-8-6-14(4)7-9-15/h12-13H,5-11H2,1-4H3. The van der Waals surface area contributed by atoms with Gasteiger partial charge in [0.1, 0.15) is 0 Å². The molecule has 2 heteroatoms. The van der Waals surface area contributed by atoms with Crippen molar-refractivity contribution >= 4 is 0 Å². The van der Waals surface area contributed by atoms with Crippen molar-refractivity contribution in [2.45, 2.75) is 33.6 Å². The first-order valence-electron chi connectivity index (χ1n) is 6.52. The Morgan fingerprint density at radius 3 is 2.13 bits per heavy atom. The molecule has 1 fully saturated rings. The Labute approximate surface area is 95.6 Å². The van der Waals surface area contributed by atoms with Crippen LogP contribution < -0.4 is 0 Å². The predicted octanol–water partition coefficient (Wildman–Crippen LogP) is 2.31. The molecule has 0 spiro atoms. The number of likely N-dealkylation sites (N-methyl/N-ethyl adjacent to an activating group) is 1. The number of piperazine rings is 1. The lowest BCUT2D eigenvalue weighted by Crippen LogP contribution is -2.46. The van der Waals surface area contributed by atoms with Gasteiger partial charge in [-0.05, 0) is 25.3 Å². The number of nitrogens with zero attached hydrogens (tertiary/aromatic N) is 2. The average Bonchev–Trinajstić information content (AvgIpc) is 2.19. The zero-order valence-corrected chi connectivity index (χ0v) is 11.0. The van der Waals surface area contributed by atoms with E-state index in [1.54, 1.807) is 0 Å². The summed E-state index contributed by atoms with van der Waals surface area (Å²) in [6, 6.07) is 0. The largest absolute Gasteiger partial charge is 0.304 e. The van der Waals surface area contributed by atoms with E-state index in [0.29, 0.717) is 0 Å². The normalized spacial score (nSPS) is 22.2. The Hall–Kier alpha value is -0.0800. The second kappa shape index (κ2) is 6.49. The van der Waals surface area contributed by atoms with Crippen LogP contribution in [0.1, 0.15) is 33.6 Å². The summed E-state index contributed by atoms with van der Waals surface area (Å²) in [5.41, 5.74) is 0. The van der Waals surface area contributed by atoms with Crippen molar-refractivity contribution in [2.24, 2.45) is 11.8 Å². The summed E-state index contributed by atoms with van der Waals surface area (Å²) in [5.74, 6) is 1.76. The number of rotatable bonds is 5. The molecule has 0 aromatic heterocycles. The third kappa shape index (κ3) is 4.98. The number of hydrogen-bond acceptors (Lipinski definition) is 2. The zero-order valence-electron chi connectivity index (χ0n) is 11.0. The highest BCUT2D eigenvalue weighted by atomic mass is 15.2. The van der Waals surface area contributed by atoms with Crippen molar-refractivity contribution in [3.63, 3.8) is 0 Å². The van der Waals surface area contributed by atoms with Crippen LogP contribution in [0.4, 0.5) is 0 Å². The summed E-state index contributed by atoms with van der Waals surface area (Å²) < 4.78 is 0. The fraction of sp³-hybridized carbons (Fsp3) is 1.00. The van der Waals surface area contributed by atoms with Crippen LogP contribution in [-0.2, 0) is 0 Å². The van der Waals surface area contributed by atoms with Crippen LogP contribution in [-0.4, -0.2) is 49.6 Å². The fourth-order valence-corrected chi connectivity index (χ4v) is 2.43. The van der Waals surface area contributed by atoms with E-state index in [9.17, 15) is 0 Å². The minimum absolute atomic E-state index is 0.849. The van der Waals surface area contributed by atoms with E-state index in [-0.39, 0.29) is 0 Å². The van der Waals surface area contributed by atoms with E-state index in [1.165, 1.54) is 45.6 Å². The van der Waals surface area contributed by atoms with Crippen LogP contribution in [0.2, 0.25) is 0 Å². The summed E-state index contributed by atoms with van der Waals surface area (Å²) in [6.07, 6.45) is 2.73. The molecule has 1 saturated heterocycles. The van der Waals surface area contributed by atoms with Gasteiger partial charge in [0.2, 0.25) is 0 Å². The Bertz CT molecular complexity index is 160. The molecule has 1 atom stereocenters. The van der Waals surface area contributed by atoms with Gasteiger partial charge >= 0.3 is 0 Å². The summed E-state index contributed by atoms with van der Waals surface area (Å²) in [4.78, 5) is 5.08. The van der Waals surface area contributed by atoms with Crippen LogP contribution in [0.15, 0.2) is 0 Å². The highest BCUT2D eigenvalue weighted by molar-refractivity contribution is 4.72. The molecule has 90 valence electrons. The van der Waals surface area contributed by atoms with Gasteiger partial charge in [-0.15, -0.1) is 0 Å². The van der Waals surface area contributed by atoms with Crippen molar-refractivity contribution in [1.82, 2.24) is 9.80 Å². The highest BCUT2D eigenvalue weighted by Crippen LogP contribution is 2.17. The van der Waals surface area contributed by atoms with Gasteiger partial charge in [-0.3, -0.25) is 0 Å². The lowest BCUT2D eigenvalue weighted by Gasteiger charge is -2.34. The Kier molecular flexibility index (Phi) is 5.62. The monoisotopic (exact) mass is 212 g/mol. The molecule has 0 saturated carbocycles. The first-order valence-corrected chi connectivity index (χ1v) is 6.52. The molecule has 15 heavy (non-hydrogen) atoms. The third-order valence-electron chi connectivity index (χ3n) is 3.49. The first-order chi connectivity index (χ1) is 7.11. The topological polar surface area (TPSA) is 6.48 Å². The van der Waals surface area contributed by atoms with E-state index in [1.807, 2.05) is 0 Å². The maximum atomic E-state index is 2.65. The van der Waals surface area contributed by atoms with Gasteiger partial charge in [-0.1, -0.05) is 27.2 Å². The molecule has 0 aliphatic carbocycles. The molecule has 0 amide bonds. The lowest BCUT2D eigenvalue weighted by atomic mass is 9.94. The molecular weight excluding hydrogens is 184 g/mol. The van der Waals surface area contributed by atoms with Gasteiger partial charge in [-0.2, -0.15) is 0 Å². The van der Waals surface area contributed by atoms with Gasteiger partial charge < -0.3 is 9.80 Å². The van der Waals surface area contributed by atoms with Gasteiger partial charge in [0, 0.05) is 32.7 Å². The van der Waals surface area contributed by atoms with E-state index >= 15 is 0 Å². The number of hydrogen-bond donors (Lipinski definition) is 0. The van der Waals surface area contributed by atoms with Gasteiger partial charge in [0.15, 0.2) is 0 Å². The van der Waals surface area contributed by atoms with Crippen LogP contribution in [0.5, 0.6) is 0 Å². The summed E-state index contributed by atoms with van der Waals surface area (Å²) >= 11 is 0. The fourth-order valence-electron chi connectivity index (χ4n) is 2.43. The molecule has 0 aromatic carbocycles. The minimum atomic E-state index is 0.849. The quantitative estimate of drug-likeness (QED) is 0.690. The SMILES string of the molecule is CCC(CC(C)C)CN1CCN(C)CC1. The molecular formula is C13H28N2. The third-order valence-corrected chi connectivity index (χ3v) is 3.49. The molecule has 0 bridgehead atoms. The van der Waals surface area contributed by atoms with Gasteiger partial charge in [0.05, 0.1) is 0 Å². The van der Waals surface area contributed by atoms with Crippen LogP contribution in [0.25, 0.3) is 0 Å². The summed E-state index contributed by atoms with van der Waals surface area (Å²) in [6.45, 7) is 13.4. The molecule has 1 aliphatic rings. The van der Waals surface area contributed by atoms with E-state index < -0.39 is 0 Å². The van der Waals surface area contributed by atoms with Gasteiger partial charge in [-0.25, -0.2) is 0 Å². The molecule has 0 N–H and O–H groups in total. The van der Waals surface area contributed by atoms with E-state index in [4.69, 9.17) is 0 Å². The van der Waals surface area contributed by atoms with Crippen LogP contribution >= 0.6 is 0 Å². The molecule has 1 aliphatic heterocycles. The minimum Gasteiger partial charge on any atom is -0.304 e. The van der Waals surface area contributed by atoms with Crippen molar-refractivity contribution in [3.8, 4) is 0 Å². The van der Waals surface area contributed by atoms with Gasteiger partial charge in [0.25, 0.3) is 0 Å². The molecule has 0 radical (unpaired) electrons. The highest BCUT2D eigenvalue weighted by Gasteiger charge is 2.17. The average molecular weight is 212 g/mol. The Balaban J connectivity index is 2.25. The molecule has 2 nitrogen and oxygen atoms in total. The zero-order chi connectivity index (χ0) is 11.3. The molecule has 0 aromatic rings.